The van der Waals surface area contributed by atoms with E-state index in [0.717, 1.165) is 59.5 Å². The Balaban J connectivity index is 1.51. The van der Waals surface area contributed by atoms with E-state index in [-0.39, 0.29) is 11.6 Å². The Morgan fingerprint density at radius 1 is 0.897 bits per heavy atom. The van der Waals surface area contributed by atoms with Crippen LogP contribution in [0.4, 0.5) is 0 Å². The molecule has 0 bridgehead atoms. The summed E-state index contributed by atoms with van der Waals surface area (Å²) in [4.78, 5) is 16.7. The Morgan fingerprint density at radius 3 is 2.10 bits per heavy atom. The summed E-state index contributed by atoms with van der Waals surface area (Å²) in [5, 5.41) is 0. The first-order valence-electron chi connectivity index (χ1n) is 15.4. The molecule has 4 heteroatoms. The van der Waals surface area contributed by atoms with Crippen LogP contribution in [0.3, 0.4) is 0 Å². The third kappa shape index (κ3) is 8.82. The Kier molecular flexibility index (Phi) is 11.4. The number of carbonyl (C=O) groups is 1. The van der Waals surface area contributed by atoms with Crippen LogP contribution in [0.1, 0.15) is 131 Å². The van der Waals surface area contributed by atoms with Crippen LogP contribution in [0, 0.1) is 38.5 Å². The van der Waals surface area contributed by atoms with Crippen LogP contribution in [0.25, 0.3) is 0 Å². The number of nitrogens with zero attached hydrogens (tertiary/aromatic N) is 1. The predicted octanol–water partition coefficient (Wildman–Crippen LogP) is 9.75. The molecule has 1 aliphatic rings. The molecule has 0 spiro atoms. The quantitative estimate of drug-likeness (QED) is 0.178. The van der Waals surface area contributed by atoms with Crippen molar-refractivity contribution in [3.63, 3.8) is 0 Å². The van der Waals surface area contributed by atoms with Crippen LogP contribution in [0.2, 0.25) is 0 Å². The van der Waals surface area contributed by atoms with Crippen molar-refractivity contribution in [3.8, 4) is 11.5 Å². The lowest BCUT2D eigenvalue weighted by Crippen LogP contribution is -2.37. The molecule has 216 valence electrons. The van der Waals surface area contributed by atoms with Gasteiger partial charge in [0.2, 0.25) is 0 Å². The molecule has 0 aliphatic carbocycles. The van der Waals surface area contributed by atoms with Gasteiger partial charge in [-0.15, -0.1) is 0 Å². The summed E-state index contributed by atoms with van der Waals surface area (Å²) in [5.74, 6) is 3.79. The lowest BCUT2D eigenvalue weighted by Gasteiger charge is -2.38. The normalized spacial score (nSPS) is 18.4. The van der Waals surface area contributed by atoms with Gasteiger partial charge in [0.1, 0.15) is 17.1 Å². The average Bonchev–Trinajstić information content (AvgIpc) is 2.90. The van der Waals surface area contributed by atoms with Gasteiger partial charge >= 0.3 is 5.97 Å². The van der Waals surface area contributed by atoms with Crippen molar-refractivity contribution in [3.05, 3.63) is 52.3 Å². The zero-order valence-corrected chi connectivity index (χ0v) is 26.0. The summed E-state index contributed by atoms with van der Waals surface area (Å²) in [6.07, 6.45) is 16.9. The summed E-state index contributed by atoms with van der Waals surface area (Å²) in [7, 11) is 0. The fourth-order valence-electron chi connectivity index (χ4n) is 6.05. The number of ether oxygens (including phenoxy) is 2. The van der Waals surface area contributed by atoms with Crippen LogP contribution in [-0.4, -0.2) is 16.6 Å². The molecule has 39 heavy (non-hydrogen) atoms. The number of pyridine rings is 1. The SMILES string of the molecule is Cc1c(C)c2c(c(C)c1OC(=O)c1ccncc1)CC[C@@](C)(CCC[C@H](C)CCC[C@H](C)CCCC(C)C)O2. The largest absolute Gasteiger partial charge is 0.487 e. The molecule has 0 unspecified atom stereocenters. The highest BCUT2D eigenvalue weighted by Gasteiger charge is 2.35. The van der Waals surface area contributed by atoms with Crippen molar-refractivity contribution in [2.75, 3.05) is 0 Å². The van der Waals surface area contributed by atoms with E-state index in [4.69, 9.17) is 9.47 Å². The molecule has 0 saturated carbocycles. The van der Waals surface area contributed by atoms with Crippen molar-refractivity contribution in [1.29, 1.82) is 0 Å². The second-order valence-electron chi connectivity index (χ2n) is 13.0. The zero-order chi connectivity index (χ0) is 28.6. The number of hydrogen-bond donors (Lipinski definition) is 0. The van der Waals surface area contributed by atoms with Crippen LogP contribution in [0.15, 0.2) is 24.5 Å². The number of esters is 1. The van der Waals surface area contributed by atoms with Crippen LogP contribution < -0.4 is 9.47 Å². The molecular weight excluding hydrogens is 482 g/mol. The third-order valence-corrected chi connectivity index (χ3v) is 8.95. The van der Waals surface area contributed by atoms with E-state index < -0.39 is 0 Å². The number of fused-ring (bicyclic) bond motifs is 1. The highest BCUT2D eigenvalue weighted by Crippen LogP contribution is 2.45. The monoisotopic (exact) mass is 535 g/mol. The van der Waals surface area contributed by atoms with Crippen LogP contribution in [0.5, 0.6) is 11.5 Å². The molecule has 1 aliphatic heterocycles. The molecule has 1 aromatic heterocycles. The number of rotatable bonds is 14. The van der Waals surface area contributed by atoms with Gasteiger partial charge in [-0.3, -0.25) is 4.98 Å². The second kappa shape index (κ2) is 14.3. The first kappa shape index (κ1) is 31.2. The summed E-state index contributed by atoms with van der Waals surface area (Å²) in [6.45, 7) is 18.0. The van der Waals surface area contributed by atoms with Crippen molar-refractivity contribution in [2.24, 2.45) is 17.8 Å². The van der Waals surface area contributed by atoms with Gasteiger partial charge in [0, 0.05) is 18.0 Å². The van der Waals surface area contributed by atoms with Crippen LogP contribution in [-0.2, 0) is 6.42 Å². The zero-order valence-electron chi connectivity index (χ0n) is 26.0. The van der Waals surface area contributed by atoms with E-state index in [1.807, 2.05) is 6.92 Å². The van der Waals surface area contributed by atoms with Gasteiger partial charge in [0.25, 0.3) is 0 Å². The molecule has 4 nitrogen and oxygen atoms in total. The lowest BCUT2D eigenvalue weighted by molar-refractivity contribution is 0.0508. The maximum absolute atomic E-state index is 12.8. The maximum Gasteiger partial charge on any atom is 0.343 e. The Hall–Kier alpha value is -2.36. The Bertz CT molecular complexity index is 1080. The Morgan fingerprint density at radius 2 is 1.49 bits per heavy atom. The summed E-state index contributed by atoms with van der Waals surface area (Å²) >= 11 is 0. The first-order valence-corrected chi connectivity index (χ1v) is 15.4. The van der Waals surface area contributed by atoms with E-state index in [1.165, 1.54) is 56.9 Å². The fourth-order valence-corrected chi connectivity index (χ4v) is 6.05. The molecule has 2 aromatic rings. The summed E-state index contributed by atoms with van der Waals surface area (Å²) in [6, 6.07) is 3.37. The molecule has 2 heterocycles. The van der Waals surface area contributed by atoms with E-state index >= 15 is 0 Å². The smallest absolute Gasteiger partial charge is 0.343 e. The maximum atomic E-state index is 12.8. The van der Waals surface area contributed by atoms with Crippen molar-refractivity contribution in [2.45, 2.75) is 132 Å². The molecule has 0 N–H and O–H groups in total. The average molecular weight is 536 g/mol. The molecule has 0 saturated heterocycles. The summed E-state index contributed by atoms with van der Waals surface area (Å²) < 4.78 is 12.7. The van der Waals surface area contributed by atoms with Gasteiger partial charge in [0.05, 0.1) is 5.56 Å². The van der Waals surface area contributed by atoms with Crippen molar-refractivity contribution >= 4 is 5.97 Å². The standard InChI is InChI=1S/C35H53NO3/c1-24(2)12-9-13-25(3)14-10-15-26(4)16-11-20-35(8)21-17-31-29(7)32(27(5)28(6)33(31)39-35)38-34(37)30-18-22-36-23-19-30/h18-19,22-26H,9-17,20-21H2,1-8H3/t25-,26-,35-/m1/s1. The second-order valence-corrected chi connectivity index (χ2v) is 13.0. The molecule has 0 amide bonds. The minimum atomic E-state index is -0.348. The van der Waals surface area contributed by atoms with Gasteiger partial charge in [-0.05, 0) is 100.0 Å². The van der Waals surface area contributed by atoms with Gasteiger partial charge in [-0.25, -0.2) is 4.79 Å². The molecule has 3 rings (SSSR count). The van der Waals surface area contributed by atoms with Gasteiger partial charge in [0.15, 0.2) is 0 Å². The van der Waals surface area contributed by atoms with E-state index in [9.17, 15) is 4.79 Å². The summed E-state index contributed by atoms with van der Waals surface area (Å²) in [5.41, 5.74) is 4.62. The number of carbonyl (C=O) groups excluding carboxylic acids is 1. The van der Waals surface area contributed by atoms with Gasteiger partial charge in [-0.2, -0.15) is 0 Å². The minimum absolute atomic E-state index is 0.142. The fraction of sp³-hybridized carbons (Fsp3) is 0.657. The Labute approximate surface area is 238 Å². The minimum Gasteiger partial charge on any atom is -0.487 e. The van der Waals surface area contributed by atoms with Gasteiger partial charge < -0.3 is 9.47 Å². The molecule has 3 atom stereocenters. The lowest BCUT2D eigenvalue weighted by atomic mass is 9.83. The van der Waals surface area contributed by atoms with Crippen LogP contribution >= 0.6 is 0 Å². The topological polar surface area (TPSA) is 48.4 Å². The molecule has 0 radical (unpaired) electrons. The van der Waals surface area contributed by atoms with Gasteiger partial charge in [-0.1, -0.05) is 72.6 Å². The first-order chi connectivity index (χ1) is 18.5. The molecule has 0 fully saturated rings. The van der Waals surface area contributed by atoms with E-state index in [1.54, 1.807) is 24.5 Å². The highest BCUT2D eigenvalue weighted by atomic mass is 16.5. The molecule has 1 aromatic carbocycles. The van der Waals surface area contributed by atoms with Crippen molar-refractivity contribution < 1.29 is 14.3 Å². The number of hydrogen-bond acceptors (Lipinski definition) is 4. The van der Waals surface area contributed by atoms with Crippen molar-refractivity contribution in [1.82, 2.24) is 4.98 Å². The molecular formula is C35H53NO3. The van der Waals surface area contributed by atoms with E-state index in [2.05, 4.69) is 53.5 Å². The van der Waals surface area contributed by atoms with E-state index in [0.29, 0.717) is 11.3 Å². The number of aromatic nitrogens is 1. The highest BCUT2D eigenvalue weighted by molar-refractivity contribution is 5.91. The predicted molar refractivity (Wildman–Crippen MR) is 162 cm³/mol. The number of benzene rings is 1. The third-order valence-electron chi connectivity index (χ3n) is 8.95.